The van der Waals surface area contributed by atoms with E-state index < -0.39 is 0 Å². The zero-order chi connectivity index (χ0) is 12.3. The van der Waals surface area contributed by atoms with Crippen molar-refractivity contribution in [1.29, 1.82) is 0 Å². The average Bonchev–Trinajstić information content (AvgIpc) is 2.25. The lowest BCUT2D eigenvalue weighted by Gasteiger charge is -2.43. The van der Waals surface area contributed by atoms with Crippen LogP contribution in [0.15, 0.2) is 24.3 Å². The maximum atomic E-state index is 12.9. The lowest BCUT2D eigenvalue weighted by Crippen LogP contribution is -2.52. The molecule has 0 aliphatic heterocycles. The molecule has 0 bridgehead atoms. The van der Waals surface area contributed by atoms with Crippen molar-refractivity contribution in [3.8, 4) is 0 Å². The number of nitrogens with one attached hydrogen (secondary N) is 2. The van der Waals surface area contributed by atoms with Gasteiger partial charge in [0.25, 0.3) is 0 Å². The predicted octanol–water partition coefficient (Wildman–Crippen LogP) is 1.54. The second-order valence-electron chi connectivity index (χ2n) is 4.52. The van der Waals surface area contributed by atoms with Crippen LogP contribution >= 0.6 is 0 Å². The third-order valence-corrected chi connectivity index (χ3v) is 3.32. The van der Waals surface area contributed by atoms with Crippen molar-refractivity contribution >= 4 is 5.91 Å². The SMILES string of the molecule is CNCC(=O)NC1(c2ccc(F)cc2)CCC1. The normalized spacial score (nSPS) is 17.3. The Hall–Kier alpha value is -1.42. The van der Waals surface area contributed by atoms with E-state index in [9.17, 15) is 9.18 Å². The molecule has 2 N–H and O–H groups in total. The topological polar surface area (TPSA) is 41.1 Å². The van der Waals surface area contributed by atoms with E-state index in [1.807, 2.05) is 0 Å². The van der Waals surface area contributed by atoms with E-state index in [-0.39, 0.29) is 17.3 Å². The minimum absolute atomic E-state index is 0.0171. The number of likely N-dealkylation sites (N-methyl/N-ethyl adjacent to an activating group) is 1. The zero-order valence-corrected chi connectivity index (χ0v) is 9.92. The molecular formula is C13H17FN2O. The Balaban J connectivity index is 2.14. The summed E-state index contributed by atoms with van der Waals surface area (Å²) in [5, 5.41) is 5.87. The Kier molecular flexibility index (Phi) is 3.43. The molecule has 1 aliphatic rings. The highest BCUT2D eigenvalue weighted by Gasteiger charge is 2.39. The van der Waals surface area contributed by atoms with E-state index in [1.54, 1.807) is 19.2 Å². The number of amides is 1. The number of hydrogen-bond donors (Lipinski definition) is 2. The maximum Gasteiger partial charge on any atom is 0.234 e. The van der Waals surface area contributed by atoms with E-state index in [1.165, 1.54) is 12.1 Å². The van der Waals surface area contributed by atoms with Crippen LogP contribution in [-0.2, 0) is 10.3 Å². The van der Waals surface area contributed by atoms with Crippen molar-refractivity contribution in [2.45, 2.75) is 24.8 Å². The summed E-state index contributed by atoms with van der Waals surface area (Å²) in [6.45, 7) is 0.308. The second-order valence-corrected chi connectivity index (χ2v) is 4.52. The molecule has 3 nitrogen and oxygen atoms in total. The first-order chi connectivity index (χ1) is 8.16. The maximum absolute atomic E-state index is 12.9. The Morgan fingerprint density at radius 1 is 1.35 bits per heavy atom. The van der Waals surface area contributed by atoms with Crippen LogP contribution in [0.4, 0.5) is 4.39 Å². The van der Waals surface area contributed by atoms with Gasteiger partial charge in [0.1, 0.15) is 5.82 Å². The van der Waals surface area contributed by atoms with Gasteiger partial charge in [-0.3, -0.25) is 4.79 Å². The summed E-state index contributed by atoms with van der Waals surface area (Å²) in [5.74, 6) is -0.263. The molecule has 4 heteroatoms. The van der Waals surface area contributed by atoms with Gasteiger partial charge in [0.15, 0.2) is 0 Å². The Morgan fingerprint density at radius 3 is 2.47 bits per heavy atom. The molecule has 1 saturated carbocycles. The fraction of sp³-hybridized carbons (Fsp3) is 0.462. The minimum Gasteiger partial charge on any atom is -0.345 e. The standard InChI is InChI=1S/C13H17FN2O/c1-15-9-12(17)16-13(7-2-8-13)10-3-5-11(14)6-4-10/h3-6,15H,2,7-9H2,1H3,(H,16,17). The van der Waals surface area contributed by atoms with Crippen molar-refractivity contribution in [1.82, 2.24) is 10.6 Å². The van der Waals surface area contributed by atoms with Crippen LogP contribution in [-0.4, -0.2) is 19.5 Å². The van der Waals surface area contributed by atoms with Crippen LogP contribution in [0.25, 0.3) is 0 Å². The largest absolute Gasteiger partial charge is 0.345 e. The van der Waals surface area contributed by atoms with Gasteiger partial charge in [0.05, 0.1) is 12.1 Å². The monoisotopic (exact) mass is 236 g/mol. The summed E-state index contributed by atoms with van der Waals surface area (Å²) < 4.78 is 12.9. The minimum atomic E-state index is -0.276. The van der Waals surface area contributed by atoms with Crippen molar-refractivity contribution < 1.29 is 9.18 Å². The molecule has 0 spiro atoms. The highest BCUT2D eigenvalue weighted by Crippen LogP contribution is 2.41. The summed E-state index contributed by atoms with van der Waals surface area (Å²) in [6.07, 6.45) is 2.94. The lowest BCUT2D eigenvalue weighted by molar-refractivity contribution is -0.123. The first-order valence-corrected chi connectivity index (χ1v) is 5.88. The third kappa shape index (κ3) is 2.47. The molecule has 2 rings (SSSR count). The first kappa shape index (κ1) is 12.0. The Labute approximate surface area is 100 Å². The van der Waals surface area contributed by atoms with E-state index in [0.717, 1.165) is 24.8 Å². The molecule has 17 heavy (non-hydrogen) atoms. The summed E-state index contributed by atoms with van der Waals surface area (Å²) in [4.78, 5) is 11.6. The van der Waals surface area contributed by atoms with E-state index in [2.05, 4.69) is 10.6 Å². The molecule has 0 radical (unpaired) electrons. The predicted molar refractivity (Wildman–Crippen MR) is 64.0 cm³/mol. The van der Waals surface area contributed by atoms with Gasteiger partial charge in [0.2, 0.25) is 5.91 Å². The number of carbonyl (C=O) groups excluding carboxylic acids is 1. The van der Waals surface area contributed by atoms with Crippen LogP contribution in [0.5, 0.6) is 0 Å². The molecule has 1 amide bonds. The molecule has 92 valence electrons. The van der Waals surface area contributed by atoms with Crippen LogP contribution in [0.1, 0.15) is 24.8 Å². The molecule has 0 aromatic heterocycles. The van der Waals surface area contributed by atoms with Crippen LogP contribution < -0.4 is 10.6 Å². The molecule has 0 unspecified atom stereocenters. The molecule has 0 atom stereocenters. The van der Waals surface area contributed by atoms with Gasteiger partial charge >= 0.3 is 0 Å². The van der Waals surface area contributed by atoms with Crippen molar-refractivity contribution in [3.63, 3.8) is 0 Å². The van der Waals surface area contributed by atoms with Gasteiger partial charge in [-0.15, -0.1) is 0 Å². The van der Waals surface area contributed by atoms with E-state index in [4.69, 9.17) is 0 Å². The average molecular weight is 236 g/mol. The number of hydrogen-bond acceptors (Lipinski definition) is 2. The van der Waals surface area contributed by atoms with Crippen LogP contribution in [0.3, 0.4) is 0 Å². The fourth-order valence-electron chi connectivity index (χ4n) is 2.26. The van der Waals surface area contributed by atoms with Gasteiger partial charge < -0.3 is 10.6 Å². The van der Waals surface area contributed by atoms with Crippen LogP contribution in [0, 0.1) is 5.82 Å². The van der Waals surface area contributed by atoms with Crippen molar-refractivity contribution in [2.75, 3.05) is 13.6 Å². The van der Waals surface area contributed by atoms with E-state index in [0.29, 0.717) is 6.54 Å². The highest BCUT2D eigenvalue weighted by molar-refractivity contribution is 5.79. The summed E-state index contributed by atoms with van der Waals surface area (Å²) in [7, 11) is 1.74. The van der Waals surface area contributed by atoms with Crippen molar-refractivity contribution in [2.24, 2.45) is 0 Å². The zero-order valence-electron chi connectivity index (χ0n) is 9.92. The smallest absolute Gasteiger partial charge is 0.234 e. The van der Waals surface area contributed by atoms with Gasteiger partial charge in [-0.05, 0) is 44.0 Å². The summed E-state index contributed by atoms with van der Waals surface area (Å²) in [5.41, 5.74) is 0.719. The van der Waals surface area contributed by atoms with Crippen LogP contribution in [0.2, 0.25) is 0 Å². The Bertz CT molecular complexity index is 398. The molecule has 1 aromatic rings. The van der Waals surface area contributed by atoms with Crippen molar-refractivity contribution in [3.05, 3.63) is 35.6 Å². The quantitative estimate of drug-likeness (QED) is 0.832. The highest BCUT2D eigenvalue weighted by atomic mass is 19.1. The Morgan fingerprint density at radius 2 is 2.00 bits per heavy atom. The molecule has 1 aromatic carbocycles. The summed E-state index contributed by atoms with van der Waals surface area (Å²) >= 11 is 0. The van der Waals surface area contributed by atoms with Gasteiger partial charge in [-0.1, -0.05) is 12.1 Å². The molecule has 0 saturated heterocycles. The molecule has 0 heterocycles. The van der Waals surface area contributed by atoms with Gasteiger partial charge in [-0.2, -0.15) is 0 Å². The molecular weight excluding hydrogens is 219 g/mol. The number of halogens is 1. The lowest BCUT2D eigenvalue weighted by atomic mass is 9.72. The fourth-order valence-corrected chi connectivity index (χ4v) is 2.26. The number of benzene rings is 1. The molecule has 1 fully saturated rings. The third-order valence-electron chi connectivity index (χ3n) is 3.32. The second kappa shape index (κ2) is 4.84. The van der Waals surface area contributed by atoms with Gasteiger partial charge in [0, 0.05) is 0 Å². The van der Waals surface area contributed by atoms with E-state index >= 15 is 0 Å². The molecule has 1 aliphatic carbocycles. The first-order valence-electron chi connectivity index (χ1n) is 5.88. The number of carbonyl (C=O) groups is 1. The number of rotatable bonds is 4. The van der Waals surface area contributed by atoms with Gasteiger partial charge in [-0.25, -0.2) is 4.39 Å². The summed E-state index contributed by atoms with van der Waals surface area (Å²) in [6, 6.07) is 6.40.